The maximum Gasteiger partial charge on any atom is 0.189 e. The van der Waals surface area contributed by atoms with E-state index in [9.17, 15) is 5.11 Å². The van der Waals surface area contributed by atoms with E-state index in [4.69, 9.17) is 28.9 Å². The van der Waals surface area contributed by atoms with Crippen LogP contribution in [0.5, 0.6) is 0 Å². The molecule has 1 unspecified atom stereocenters. The minimum Gasteiger partial charge on any atom is -0.388 e. The second-order valence-corrected chi connectivity index (χ2v) is 6.51. The van der Waals surface area contributed by atoms with Gasteiger partial charge in [0.2, 0.25) is 0 Å². The molecule has 0 radical (unpaired) electrons. The molecule has 1 atom stereocenters. The molecule has 22 heavy (non-hydrogen) atoms. The molecule has 1 aliphatic rings. The average Bonchev–Trinajstić information content (AvgIpc) is 2.84. The molecule has 4 nitrogen and oxygen atoms in total. The first kappa shape index (κ1) is 19.8. The number of nitrogens with zero attached hydrogens (tertiary/aromatic N) is 1. The molecule has 1 aliphatic carbocycles. The summed E-state index contributed by atoms with van der Waals surface area (Å²) in [5.41, 5.74) is 6.10. The van der Waals surface area contributed by atoms with Crippen molar-refractivity contribution in [3.8, 4) is 0 Å². The van der Waals surface area contributed by atoms with Crippen LogP contribution in [0.2, 0.25) is 10.0 Å². The predicted octanol–water partition coefficient (Wildman–Crippen LogP) is 3.88. The topological polar surface area (TPSA) is 70.6 Å². The zero-order valence-electron chi connectivity index (χ0n) is 12.5. The van der Waals surface area contributed by atoms with Crippen molar-refractivity contribution in [2.45, 2.75) is 44.2 Å². The first-order valence-electron chi connectivity index (χ1n) is 7.13. The van der Waals surface area contributed by atoms with E-state index >= 15 is 0 Å². The first-order chi connectivity index (χ1) is 9.89. The monoisotopic (exact) mass is 457 g/mol. The number of nitrogens with two attached hydrogens (primary N) is 1. The van der Waals surface area contributed by atoms with Gasteiger partial charge < -0.3 is 16.2 Å². The normalized spacial score (nSPS) is 18.6. The number of hydrogen-bond donors (Lipinski definition) is 3. The van der Waals surface area contributed by atoms with Crippen LogP contribution >= 0.6 is 47.2 Å². The molecule has 0 heterocycles. The maximum absolute atomic E-state index is 10.2. The smallest absolute Gasteiger partial charge is 0.189 e. The first-order valence-corrected chi connectivity index (χ1v) is 7.89. The molecule has 0 saturated heterocycles. The third-order valence-electron chi connectivity index (χ3n) is 3.87. The lowest BCUT2D eigenvalue weighted by atomic mass is 10.0. The number of nitrogens with one attached hydrogen (secondary N) is 1. The summed E-state index contributed by atoms with van der Waals surface area (Å²) in [5.74, 6) is 0.314. The number of rotatable bonds is 4. The molecule has 0 spiro atoms. The Morgan fingerprint density at radius 3 is 2.64 bits per heavy atom. The van der Waals surface area contributed by atoms with Gasteiger partial charge in [-0.15, -0.1) is 24.0 Å². The lowest BCUT2D eigenvalue weighted by Crippen LogP contribution is -2.36. The maximum atomic E-state index is 10.2. The minimum absolute atomic E-state index is 0. The quantitative estimate of drug-likeness (QED) is 0.365. The molecule has 124 valence electrons. The molecule has 1 saturated carbocycles. The molecular weight excluding hydrogens is 436 g/mol. The SMILES string of the molecule is CC(NC(N)=NCC1(O)CCCC1)c1ccc(Cl)cc1Cl.I. The summed E-state index contributed by atoms with van der Waals surface area (Å²) in [4.78, 5) is 4.25. The molecule has 0 amide bonds. The highest BCUT2D eigenvalue weighted by Gasteiger charge is 2.30. The van der Waals surface area contributed by atoms with Crippen LogP contribution in [0, 0.1) is 0 Å². The number of hydrogen-bond acceptors (Lipinski definition) is 2. The van der Waals surface area contributed by atoms with E-state index in [-0.39, 0.29) is 30.0 Å². The van der Waals surface area contributed by atoms with Gasteiger partial charge in [-0.05, 0) is 37.5 Å². The number of aliphatic hydroxyl groups is 1. The molecule has 4 N–H and O–H groups in total. The highest BCUT2D eigenvalue weighted by Crippen LogP contribution is 2.29. The van der Waals surface area contributed by atoms with Crippen LogP contribution in [0.25, 0.3) is 0 Å². The Bertz CT molecular complexity index is 534. The van der Waals surface area contributed by atoms with Gasteiger partial charge in [0.15, 0.2) is 5.96 Å². The molecule has 1 aromatic rings. The number of aliphatic imine (C=N–C) groups is 1. The van der Waals surface area contributed by atoms with Crippen LogP contribution in [-0.4, -0.2) is 23.2 Å². The van der Waals surface area contributed by atoms with Crippen LogP contribution in [0.4, 0.5) is 0 Å². The standard InChI is InChI=1S/C15H21Cl2N3O.HI/c1-10(12-5-4-11(16)8-13(12)17)20-14(18)19-9-15(21)6-2-3-7-15;/h4-5,8,10,21H,2-3,6-7,9H2,1H3,(H3,18,19,20);1H. The lowest BCUT2D eigenvalue weighted by molar-refractivity contribution is 0.0574. The van der Waals surface area contributed by atoms with Crippen molar-refractivity contribution in [2.75, 3.05) is 6.54 Å². The van der Waals surface area contributed by atoms with Crippen LogP contribution in [0.1, 0.15) is 44.2 Å². The van der Waals surface area contributed by atoms with Gasteiger partial charge in [0.1, 0.15) is 0 Å². The third-order valence-corrected chi connectivity index (χ3v) is 4.43. The van der Waals surface area contributed by atoms with Gasteiger partial charge in [0, 0.05) is 10.0 Å². The second-order valence-electron chi connectivity index (χ2n) is 5.66. The van der Waals surface area contributed by atoms with E-state index in [0.29, 0.717) is 22.5 Å². The Morgan fingerprint density at radius 1 is 1.41 bits per heavy atom. The molecule has 0 aliphatic heterocycles. The van der Waals surface area contributed by atoms with Gasteiger partial charge in [-0.2, -0.15) is 0 Å². The number of guanidine groups is 1. The third kappa shape index (κ3) is 5.44. The zero-order valence-corrected chi connectivity index (χ0v) is 16.3. The average molecular weight is 458 g/mol. The summed E-state index contributed by atoms with van der Waals surface area (Å²) in [6.07, 6.45) is 3.69. The lowest BCUT2D eigenvalue weighted by Gasteiger charge is -2.21. The Morgan fingerprint density at radius 2 is 2.05 bits per heavy atom. The van der Waals surface area contributed by atoms with Gasteiger partial charge in [0.25, 0.3) is 0 Å². The van der Waals surface area contributed by atoms with Crippen LogP contribution in [0.3, 0.4) is 0 Å². The van der Waals surface area contributed by atoms with Gasteiger partial charge in [0.05, 0.1) is 18.2 Å². The molecule has 0 bridgehead atoms. The number of halogens is 3. The summed E-state index contributed by atoms with van der Waals surface area (Å²) < 4.78 is 0. The van der Waals surface area contributed by atoms with Crippen molar-refractivity contribution in [2.24, 2.45) is 10.7 Å². The van der Waals surface area contributed by atoms with E-state index in [1.165, 1.54) is 0 Å². The summed E-state index contributed by atoms with van der Waals surface area (Å²) in [7, 11) is 0. The van der Waals surface area contributed by atoms with Gasteiger partial charge >= 0.3 is 0 Å². The van der Waals surface area contributed by atoms with Crippen molar-refractivity contribution in [1.29, 1.82) is 0 Å². The predicted molar refractivity (Wildman–Crippen MR) is 103 cm³/mol. The summed E-state index contributed by atoms with van der Waals surface area (Å²) in [5, 5.41) is 14.5. The molecule has 2 rings (SSSR count). The fraction of sp³-hybridized carbons (Fsp3) is 0.533. The van der Waals surface area contributed by atoms with E-state index in [0.717, 1.165) is 31.2 Å². The van der Waals surface area contributed by atoms with Crippen molar-refractivity contribution < 1.29 is 5.11 Å². The van der Waals surface area contributed by atoms with Crippen molar-refractivity contribution in [1.82, 2.24) is 5.32 Å². The van der Waals surface area contributed by atoms with Gasteiger partial charge in [-0.25, -0.2) is 0 Å². The summed E-state index contributed by atoms with van der Waals surface area (Å²) in [6.45, 7) is 2.29. The van der Waals surface area contributed by atoms with Crippen molar-refractivity contribution in [3.05, 3.63) is 33.8 Å². The fourth-order valence-corrected chi connectivity index (χ4v) is 3.19. The van der Waals surface area contributed by atoms with Crippen LogP contribution in [-0.2, 0) is 0 Å². The zero-order chi connectivity index (χ0) is 15.5. The van der Waals surface area contributed by atoms with E-state index < -0.39 is 5.60 Å². The largest absolute Gasteiger partial charge is 0.388 e. The fourth-order valence-electron chi connectivity index (χ4n) is 2.62. The molecule has 7 heteroatoms. The molecule has 0 aromatic heterocycles. The van der Waals surface area contributed by atoms with Crippen molar-refractivity contribution in [3.63, 3.8) is 0 Å². The van der Waals surface area contributed by atoms with Gasteiger partial charge in [-0.3, -0.25) is 4.99 Å². The van der Waals surface area contributed by atoms with Crippen LogP contribution < -0.4 is 11.1 Å². The highest BCUT2D eigenvalue weighted by molar-refractivity contribution is 14.0. The molecular formula is C15H22Cl2IN3O. The van der Waals surface area contributed by atoms with Crippen molar-refractivity contribution >= 4 is 53.1 Å². The summed E-state index contributed by atoms with van der Waals surface area (Å²) >= 11 is 12.0. The Balaban J connectivity index is 0.00000242. The molecule has 1 aromatic carbocycles. The highest BCUT2D eigenvalue weighted by atomic mass is 127. The van der Waals surface area contributed by atoms with Crippen LogP contribution in [0.15, 0.2) is 23.2 Å². The summed E-state index contributed by atoms with van der Waals surface area (Å²) in [6, 6.07) is 5.26. The number of benzene rings is 1. The van der Waals surface area contributed by atoms with Gasteiger partial charge in [-0.1, -0.05) is 42.1 Å². The second kappa shape index (κ2) is 8.57. The van der Waals surface area contributed by atoms with E-state index in [1.54, 1.807) is 12.1 Å². The Hall–Kier alpha value is -0.240. The van der Waals surface area contributed by atoms with E-state index in [1.807, 2.05) is 13.0 Å². The molecule has 1 fully saturated rings. The Kier molecular flexibility index (Phi) is 7.71. The van der Waals surface area contributed by atoms with E-state index in [2.05, 4.69) is 10.3 Å². The minimum atomic E-state index is -0.687. The Labute approximate surface area is 158 Å².